The topological polar surface area (TPSA) is 9.72 Å². The largest absolute Gasteiger partial charge is 0.332 e. The van der Waals surface area contributed by atoms with Crippen molar-refractivity contribution in [2.24, 2.45) is 0 Å². The van der Waals surface area contributed by atoms with Crippen molar-refractivity contribution < 1.29 is 0 Å². The number of fused-ring (bicyclic) bond motifs is 5. The van der Waals surface area contributed by atoms with Crippen LogP contribution in [0.4, 0.5) is 34.1 Å². The van der Waals surface area contributed by atoms with Crippen molar-refractivity contribution >= 4 is 78.6 Å². The molecule has 51 heavy (non-hydrogen) atoms. The molecule has 0 aliphatic carbocycles. The summed E-state index contributed by atoms with van der Waals surface area (Å²) in [6, 6.07) is 58.1. The molecule has 1 unspecified atom stereocenters. The van der Waals surface area contributed by atoms with Gasteiger partial charge in [0, 0.05) is 21.8 Å². The van der Waals surface area contributed by atoms with Crippen LogP contribution in [0.1, 0.15) is 35.2 Å². The van der Waals surface area contributed by atoms with Gasteiger partial charge in [0.25, 0.3) is 0 Å². The molecule has 0 N–H and O–H groups in total. The summed E-state index contributed by atoms with van der Waals surface area (Å²) < 4.78 is 4.93. The van der Waals surface area contributed by atoms with Gasteiger partial charge in [0.15, 0.2) is 0 Å². The van der Waals surface area contributed by atoms with Gasteiger partial charge in [0.2, 0.25) is 0 Å². The van der Waals surface area contributed by atoms with Crippen LogP contribution in [0.2, 0.25) is 0 Å². The second-order valence-electron chi connectivity index (χ2n) is 13.6. The van der Waals surface area contributed by atoms with Crippen molar-refractivity contribution in [2.45, 2.75) is 33.7 Å². The van der Waals surface area contributed by atoms with E-state index in [1.807, 2.05) is 0 Å². The SMILES string of the molecule is Cc1ccc(N2SN(c3ccc(C)c4ccccc34)c3ccccc3N(c3ccc(C)c4ccccc34)C(C)c3ccccc32)c2ccccc12. The van der Waals surface area contributed by atoms with E-state index in [0.717, 1.165) is 22.7 Å². The van der Waals surface area contributed by atoms with Crippen LogP contribution in [0.5, 0.6) is 0 Å². The number of rotatable bonds is 3. The molecule has 4 heteroatoms. The Morgan fingerprint density at radius 2 is 0.725 bits per heavy atom. The van der Waals surface area contributed by atoms with Gasteiger partial charge in [0.1, 0.15) is 0 Å². The molecule has 3 nitrogen and oxygen atoms in total. The summed E-state index contributed by atoms with van der Waals surface area (Å²) in [7, 11) is 0. The molecule has 0 saturated heterocycles. The summed E-state index contributed by atoms with van der Waals surface area (Å²) in [6.07, 6.45) is 0. The quantitative estimate of drug-likeness (QED) is 0.172. The first-order valence-electron chi connectivity index (χ1n) is 17.7. The molecule has 8 aromatic carbocycles. The Morgan fingerprint density at radius 1 is 0.353 bits per heavy atom. The van der Waals surface area contributed by atoms with Gasteiger partial charge in [0.05, 0.1) is 46.6 Å². The van der Waals surface area contributed by atoms with Crippen LogP contribution in [0, 0.1) is 20.8 Å². The number of para-hydroxylation sites is 3. The van der Waals surface area contributed by atoms with Crippen LogP contribution < -0.4 is 13.5 Å². The molecular weight excluding hydrogens is 639 g/mol. The highest BCUT2D eigenvalue weighted by molar-refractivity contribution is 8.02. The Kier molecular flexibility index (Phi) is 7.70. The highest BCUT2D eigenvalue weighted by atomic mass is 32.2. The molecular formula is C47H39N3S. The molecule has 0 spiro atoms. The van der Waals surface area contributed by atoms with Gasteiger partial charge in [-0.25, -0.2) is 0 Å². The van der Waals surface area contributed by atoms with E-state index in [4.69, 9.17) is 0 Å². The monoisotopic (exact) mass is 677 g/mol. The third kappa shape index (κ3) is 5.13. The van der Waals surface area contributed by atoms with Gasteiger partial charge in [-0.15, -0.1) is 0 Å². The third-order valence-corrected chi connectivity index (χ3v) is 11.7. The average Bonchev–Trinajstić information content (AvgIpc) is 3.21. The van der Waals surface area contributed by atoms with Gasteiger partial charge in [-0.2, -0.15) is 0 Å². The lowest BCUT2D eigenvalue weighted by atomic mass is 9.98. The Bertz CT molecular complexity index is 2610. The highest BCUT2D eigenvalue weighted by Crippen LogP contribution is 2.54. The van der Waals surface area contributed by atoms with Crippen molar-refractivity contribution in [3.63, 3.8) is 0 Å². The van der Waals surface area contributed by atoms with E-state index in [2.05, 4.69) is 199 Å². The molecule has 0 bridgehead atoms. The van der Waals surface area contributed by atoms with E-state index >= 15 is 0 Å². The zero-order valence-corrected chi connectivity index (χ0v) is 30.2. The standard InChI is InChI=1S/C47H39N3S/c1-31-25-28-42(39-19-8-5-15-35(31)39)48-34(4)38-18-11-12-22-43(38)49(44-29-26-32(2)36-16-6-9-20-40(36)44)51-50(47-24-14-13-23-46(47)48)45-30-27-33(3)37-17-7-10-21-41(37)45/h5-30,34H,1-4H3. The summed E-state index contributed by atoms with van der Waals surface area (Å²) in [4.78, 5) is 2.57. The predicted octanol–water partition coefficient (Wildman–Crippen LogP) is 13.8. The third-order valence-electron chi connectivity index (χ3n) is 10.6. The zero-order valence-electron chi connectivity index (χ0n) is 29.3. The zero-order chi connectivity index (χ0) is 34.6. The van der Waals surface area contributed by atoms with Gasteiger partial charge >= 0.3 is 0 Å². The minimum atomic E-state index is -0.0111. The maximum atomic E-state index is 2.57. The van der Waals surface area contributed by atoms with Gasteiger partial charge in [-0.1, -0.05) is 121 Å². The first-order chi connectivity index (χ1) is 25.0. The fourth-order valence-corrected chi connectivity index (χ4v) is 9.09. The maximum absolute atomic E-state index is 2.57. The fraction of sp³-hybridized carbons (Fsp3) is 0.106. The van der Waals surface area contributed by atoms with Crippen LogP contribution in [-0.4, -0.2) is 0 Å². The van der Waals surface area contributed by atoms with E-state index in [9.17, 15) is 0 Å². The molecule has 9 rings (SSSR count). The van der Waals surface area contributed by atoms with E-state index in [1.54, 1.807) is 12.1 Å². The molecule has 1 atom stereocenters. The van der Waals surface area contributed by atoms with E-state index in [-0.39, 0.29) is 6.04 Å². The van der Waals surface area contributed by atoms with E-state index < -0.39 is 0 Å². The lowest BCUT2D eigenvalue weighted by Crippen LogP contribution is -2.23. The fourth-order valence-electron chi connectivity index (χ4n) is 7.93. The lowest BCUT2D eigenvalue weighted by molar-refractivity contribution is 0.778. The first-order valence-corrected chi connectivity index (χ1v) is 18.4. The Hall–Kier alpha value is -5.71. The number of hydrogen-bond acceptors (Lipinski definition) is 4. The minimum absolute atomic E-state index is 0.0111. The summed E-state index contributed by atoms with van der Waals surface area (Å²) in [5.41, 5.74) is 12.0. The predicted molar refractivity (Wildman–Crippen MR) is 221 cm³/mol. The first kappa shape index (κ1) is 31.3. The molecule has 0 aromatic heterocycles. The highest BCUT2D eigenvalue weighted by Gasteiger charge is 2.33. The Labute approximate surface area is 304 Å². The summed E-state index contributed by atoms with van der Waals surface area (Å²) >= 11 is 1.76. The molecule has 1 aliphatic heterocycles. The van der Waals surface area contributed by atoms with Gasteiger partial charge in [-0.05, 0) is 103 Å². The van der Waals surface area contributed by atoms with Crippen LogP contribution in [0.25, 0.3) is 32.3 Å². The minimum Gasteiger partial charge on any atom is -0.332 e. The van der Waals surface area contributed by atoms with Crippen molar-refractivity contribution in [1.29, 1.82) is 0 Å². The number of aryl methyl sites for hydroxylation is 3. The number of anilines is 6. The smallest absolute Gasteiger partial charge is 0.0817 e. The van der Waals surface area contributed by atoms with E-state index in [1.165, 1.54) is 65.9 Å². The summed E-state index contributed by atoms with van der Waals surface area (Å²) in [6.45, 7) is 8.98. The molecule has 0 saturated carbocycles. The number of benzene rings is 8. The van der Waals surface area contributed by atoms with Gasteiger partial charge in [-0.3, -0.25) is 8.61 Å². The van der Waals surface area contributed by atoms with Crippen molar-refractivity contribution in [3.05, 3.63) is 180 Å². The molecule has 248 valence electrons. The molecule has 0 radical (unpaired) electrons. The summed E-state index contributed by atoms with van der Waals surface area (Å²) in [5, 5.41) is 7.50. The normalized spacial score (nSPS) is 14.7. The maximum Gasteiger partial charge on any atom is 0.0817 e. The molecule has 1 aliphatic rings. The molecule has 0 fully saturated rings. The summed E-state index contributed by atoms with van der Waals surface area (Å²) in [5.74, 6) is 0. The second-order valence-corrected chi connectivity index (χ2v) is 14.5. The molecule has 8 aromatic rings. The molecule has 0 amide bonds. The van der Waals surface area contributed by atoms with Crippen LogP contribution in [0.15, 0.2) is 158 Å². The van der Waals surface area contributed by atoms with Crippen molar-refractivity contribution in [2.75, 3.05) is 13.5 Å². The van der Waals surface area contributed by atoms with Crippen LogP contribution >= 0.6 is 12.1 Å². The van der Waals surface area contributed by atoms with Crippen molar-refractivity contribution in [3.8, 4) is 0 Å². The van der Waals surface area contributed by atoms with Crippen LogP contribution in [-0.2, 0) is 0 Å². The second kappa shape index (κ2) is 12.6. The van der Waals surface area contributed by atoms with Crippen LogP contribution in [0.3, 0.4) is 0 Å². The average molecular weight is 678 g/mol. The lowest BCUT2D eigenvalue weighted by Gasteiger charge is -2.35. The Balaban J connectivity index is 1.40. The number of nitrogens with zero attached hydrogens (tertiary/aromatic N) is 3. The Morgan fingerprint density at radius 3 is 1.25 bits per heavy atom. The van der Waals surface area contributed by atoms with Crippen molar-refractivity contribution in [1.82, 2.24) is 0 Å². The molecule has 1 heterocycles. The van der Waals surface area contributed by atoms with Gasteiger partial charge < -0.3 is 4.90 Å². The number of hydrogen-bond donors (Lipinski definition) is 0. The van der Waals surface area contributed by atoms with E-state index in [0.29, 0.717) is 0 Å².